The van der Waals surface area contributed by atoms with Gasteiger partial charge >= 0.3 is 0 Å². The first-order valence-corrected chi connectivity index (χ1v) is 5.83. The van der Waals surface area contributed by atoms with Crippen molar-refractivity contribution in [2.75, 3.05) is 5.32 Å². The molecule has 0 amide bonds. The average Bonchev–Trinajstić information content (AvgIpc) is 2.45. The van der Waals surface area contributed by atoms with Gasteiger partial charge in [0.1, 0.15) is 0 Å². The highest BCUT2D eigenvalue weighted by molar-refractivity contribution is 5.98. The molecule has 0 saturated heterocycles. The van der Waals surface area contributed by atoms with Crippen molar-refractivity contribution in [3.8, 4) is 11.5 Å². The van der Waals surface area contributed by atoms with E-state index in [4.69, 9.17) is 4.74 Å². The number of rotatable bonds is 0. The molecule has 0 unspecified atom stereocenters. The Balaban J connectivity index is 1.98. The Morgan fingerprint density at radius 1 is 0.889 bits per heavy atom. The first-order chi connectivity index (χ1) is 8.92. The Morgan fingerprint density at radius 2 is 1.83 bits per heavy atom. The van der Waals surface area contributed by atoms with Gasteiger partial charge in [-0.3, -0.25) is 4.98 Å². The minimum Gasteiger partial charge on any atom is -0.453 e. The molecule has 0 spiro atoms. The summed E-state index contributed by atoms with van der Waals surface area (Å²) in [7, 11) is 0. The number of fused-ring (bicyclic) bond motifs is 4. The molecule has 0 fully saturated rings. The van der Waals surface area contributed by atoms with E-state index in [9.17, 15) is 0 Å². The molecule has 3 aromatic rings. The first-order valence-electron chi connectivity index (χ1n) is 5.83. The zero-order chi connectivity index (χ0) is 11.9. The molecule has 0 bridgehead atoms. The average molecular weight is 234 g/mol. The van der Waals surface area contributed by atoms with E-state index < -0.39 is 0 Å². The van der Waals surface area contributed by atoms with Gasteiger partial charge < -0.3 is 10.1 Å². The molecule has 4 rings (SSSR count). The van der Waals surface area contributed by atoms with Crippen LogP contribution in [0, 0.1) is 0 Å². The van der Waals surface area contributed by atoms with Crippen molar-refractivity contribution in [1.29, 1.82) is 0 Å². The van der Waals surface area contributed by atoms with Gasteiger partial charge in [-0.15, -0.1) is 0 Å². The molecule has 2 aromatic carbocycles. The second-order valence-electron chi connectivity index (χ2n) is 4.23. The second kappa shape index (κ2) is 3.47. The third-order valence-electron chi connectivity index (χ3n) is 3.11. The lowest BCUT2D eigenvalue weighted by Crippen LogP contribution is -2.03. The molecule has 3 heteroatoms. The fourth-order valence-electron chi connectivity index (χ4n) is 2.26. The number of para-hydroxylation sites is 2. The summed E-state index contributed by atoms with van der Waals surface area (Å²) in [5, 5.41) is 4.49. The molecule has 3 nitrogen and oxygen atoms in total. The van der Waals surface area contributed by atoms with Crippen molar-refractivity contribution in [1.82, 2.24) is 4.98 Å². The number of ether oxygens (including phenoxy) is 1. The Hall–Kier alpha value is -2.55. The predicted molar refractivity (Wildman–Crippen MR) is 71.5 cm³/mol. The summed E-state index contributed by atoms with van der Waals surface area (Å²) in [6.45, 7) is 0. The maximum atomic E-state index is 5.90. The lowest BCUT2D eigenvalue weighted by atomic mass is 10.1. The van der Waals surface area contributed by atoms with Crippen molar-refractivity contribution in [2.24, 2.45) is 0 Å². The number of nitrogens with one attached hydrogen (secondary N) is 1. The van der Waals surface area contributed by atoms with Crippen molar-refractivity contribution in [3.63, 3.8) is 0 Å². The van der Waals surface area contributed by atoms with Crippen molar-refractivity contribution in [2.45, 2.75) is 0 Å². The Labute approximate surface area is 104 Å². The van der Waals surface area contributed by atoms with E-state index in [-0.39, 0.29) is 0 Å². The molecule has 1 N–H and O–H groups in total. The topological polar surface area (TPSA) is 34.2 Å². The van der Waals surface area contributed by atoms with Crippen LogP contribution >= 0.6 is 0 Å². The predicted octanol–water partition coefficient (Wildman–Crippen LogP) is 4.08. The normalized spacial score (nSPS) is 12.2. The maximum Gasteiger partial charge on any atom is 0.151 e. The summed E-state index contributed by atoms with van der Waals surface area (Å²) < 4.78 is 5.90. The number of pyridine rings is 1. The van der Waals surface area contributed by atoms with E-state index in [0.29, 0.717) is 0 Å². The van der Waals surface area contributed by atoms with Gasteiger partial charge in [0.05, 0.1) is 16.9 Å². The standard InChI is InChI=1S/C15H10N2O/c1-2-6-13-12(5-1)17-15-10-4-3-9-16-11(10)7-8-14(15)18-13/h1-9,17H. The largest absolute Gasteiger partial charge is 0.453 e. The molecule has 1 aromatic heterocycles. The Morgan fingerprint density at radius 3 is 2.83 bits per heavy atom. The molecule has 1 aliphatic rings. The number of aromatic nitrogens is 1. The first kappa shape index (κ1) is 9.48. The molecule has 2 heterocycles. The maximum absolute atomic E-state index is 5.90. The summed E-state index contributed by atoms with van der Waals surface area (Å²) >= 11 is 0. The van der Waals surface area contributed by atoms with Crippen molar-refractivity contribution >= 4 is 22.3 Å². The van der Waals surface area contributed by atoms with E-state index in [1.165, 1.54) is 0 Å². The summed E-state index contributed by atoms with van der Waals surface area (Å²) in [5.74, 6) is 1.70. The summed E-state index contributed by atoms with van der Waals surface area (Å²) in [6.07, 6.45) is 1.80. The minimum absolute atomic E-state index is 0.842. The van der Waals surface area contributed by atoms with Crippen molar-refractivity contribution < 1.29 is 4.74 Å². The van der Waals surface area contributed by atoms with Gasteiger partial charge in [0.25, 0.3) is 0 Å². The highest BCUT2D eigenvalue weighted by atomic mass is 16.5. The van der Waals surface area contributed by atoms with Crippen LogP contribution in [0.5, 0.6) is 11.5 Å². The number of benzene rings is 2. The molecule has 0 radical (unpaired) electrons. The van der Waals surface area contributed by atoms with Crippen LogP contribution in [0.3, 0.4) is 0 Å². The van der Waals surface area contributed by atoms with Gasteiger partial charge in [-0.25, -0.2) is 0 Å². The highest BCUT2D eigenvalue weighted by Gasteiger charge is 2.17. The summed E-state index contributed by atoms with van der Waals surface area (Å²) in [5.41, 5.74) is 2.94. The van der Waals surface area contributed by atoms with E-state index >= 15 is 0 Å². The molecular formula is C15H10N2O. The quantitative estimate of drug-likeness (QED) is 0.497. The van der Waals surface area contributed by atoms with Crippen LogP contribution in [-0.4, -0.2) is 4.98 Å². The third-order valence-corrected chi connectivity index (χ3v) is 3.11. The van der Waals surface area contributed by atoms with Crippen LogP contribution in [0.1, 0.15) is 0 Å². The van der Waals surface area contributed by atoms with E-state index in [1.807, 2.05) is 48.5 Å². The van der Waals surface area contributed by atoms with Gasteiger partial charge in [-0.05, 0) is 36.4 Å². The molecule has 1 aliphatic heterocycles. The fourth-order valence-corrected chi connectivity index (χ4v) is 2.26. The zero-order valence-corrected chi connectivity index (χ0v) is 9.55. The Kier molecular flexibility index (Phi) is 1.83. The van der Waals surface area contributed by atoms with Crippen LogP contribution in [0.25, 0.3) is 10.9 Å². The third kappa shape index (κ3) is 1.27. The molecule has 0 atom stereocenters. The zero-order valence-electron chi connectivity index (χ0n) is 9.55. The smallest absolute Gasteiger partial charge is 0.151 e. The molecule has 86 valence electrons. The van der Waals surface area contributed by atoms with Gasteiger partial charge in [0.15, 0.2) is 11.5 Å². The van der Waals surface area contributed by atoms with Gasteiger partial charge in [0, 0.05) is 11.6 Å². The van der Waals surface area contributed by atoms with E-state index in [2.05, 4.69) is 10.3 Å². The van der Waals surface area contributed by atoms with Crippen LogP contribution in [0.2, 0.25) is 0 Å². The molecule has 18 heavy (non-hydrogen) atoms. The number of hydrogen-bond acceptors (Lipinski definition) is 3. The van der Waals surface area contributed by atoms with Gasteiger partial charge in [-0.2, -0.15) is 0 Å². The van der Waals surface area contributed by atoms with E-state index in [1.54, 1.807) is 6.20 Å². The molecular weight excluding hydrogens is 224 g/mol. The van der Waals surface area contributed by atoms with E-state index in [0.717, 1.165) is 33.8 Å². The van der Waals surface area contributed by atoms with Crippen LogP contribution in [0.4, 0.5) is 11.4 Å². The summed E-state index contributed by atoms with van der Waals surface area (Å²) in [6, 6.07) is 15.8. The van der Waals surface area contributed by atoms with Crippen LogP contribution < -0.4 is 10.1 Å². The Bertz CT molecular complexity index is 752. The molecule has 0 saturated carbocycles. The van der Waals surface area contributed by atoms with Crippen LogP contribution in [0.15, 0.2) is 54.7 Å². The summed E-state index contributed by atoms with van der Waals surface area (Å²) in [4.78, 5) is 4.35. The fraction of sp³-hybridized carbons (Fsp3) is 0. The van der Waals surface area contributed by atoms with Crippen molar-refractivity contribution in [3.05, 3.63) is 54.7 Å². The van der Waals surface area contributed by atoms with Gasteiger partial charge in [0.2, 0.25) is 0 Å². The highest BCUT2D eigenvalue weighted by Crippen LogP contribution is 2.44. The van der Waals surface area contributed by atoms with Crippen LogP contribution in [-0.2, 0) is 0 Å². The second-order valence-corrected chi connectivity index (χ2v) is 4.23. The monoisotopic (exact) mass is 234 g/mol. The number of hydrogen-bond donors (Lipinski definition) is 1. The van der Waals surface area contributed by atoms with Gasteiger partial charge in [-0.1, -0.05) is 12.1 Å². The lowest BCUT2D eigenvalue weighted by Gasteiger charge is -2.22. The molecule has 0 aliphatic carbocycles. The number of nitrogens with zero attached hydrogens (tertiary/aromatic N) is 1. The SMILES string of the molecule is c1ccc2c(c1)Nc1c(ccc3ncccc13)O2. The number of anilines is 2. The lowest BCUT2D eigenvalue weighted by molar-refractivity contribution is 0.482. The minimum atomic E-state index is 0.842.